The van der Waals surface area contributed by atoms with Gasteiger partial charge < -0.3 is 10.2 Å². The van der Waals surface area contributed by atoms with Crippen LogP contribution in [0, 0.1) is 0 Å². The van der Waals surface area contributed by atoms with Gasteiger partial charge in [0.05, 0.1) is 0 Å². The Morgan fingerprint density at radius 2 is 1.74 bits per heavy atom. The summed E-state index contributed by atoms with van der Waals surface area (Å²) >= 11 is 0. The zero-order valence-corrected chi connectivity index (χ0v) is 12.9. The minimum Gasteiger partial charge on any atom is -0.310 e. The van der Waals surface area contributed by atoms with E-state index >= 15 is 0 Å². The molecule has 0 aliphatic carbocycles. The molecule has 1 rings (SSSR count). The Morgan fingerprint density at radius 3 is 2.32 bits per heavy atom. The molecule has 1 N–H and O–H groups in total. The first-order valence-corrected chi connectivity index (χ1v) is 7.82. The van der Waals surface area contributed by atoms with E-state index in [0.29, 0.717) is 6.04 Å². The molecule has 1 aromatic rings. The largest absolute Gasteiger partial charge is 0.310 e. The van der Waals surface area contributed by atoms with Gasteiger partial charge in [0.25, 0.3) is 0 Å². The van der Waals surface area contributed by atoms with Gasteiger partial charge >= 0.3 is 0 Å². The summed E-state index contributed by atoms with van der Waals surface area (Å²) in [4.78, 5) is 2.49. The number of nitrogens with one attached hydrogen (secondary N) is 1. The molecule has 0 amide bonds. The summed E-state index contributed by atoms with van der Waals surface area (Å²) in [5.41, 5.74) is 1.42. The summed E-state index contributed by atoms with van der Waals surface area (Å²) in [5, 5.41) is 3.71. The highest BCUT2D eigenvalue weighted by Gasteiger charge is 2.09. The van der Waals surface area contributed by atoms with Crippen LogP contribution in [-0.2, 0) is 0 Å². The van der Waals surface area contributed by atoms with Crippen LogP contribution in [0.25, 0.3) is 0 Å². The summed E-state index contributed by atoms with van der Waals surface area (Å²) in [6, 6.07) is 11.3. The molecule has 1 aromatic carbocycles. The van der Waals surface area contributed by atoms with E-state index in [1.807, 2.05) is 0 Å². The second kappa shape index (κ2) is 9.99. The maximum Gasteiger partial charge on any atom is 0.0320 e. The molecule has 2 heteroatoms. The van der Waals surface area contributed by atoms with Gasteiger partial charge in [0, 0.05) is 6.04 Å². The van der Waals surface area contributed by atoms with Gasteiger partial charge in [-0.25, -0.2) is 0 Å². The smallest absolute Gasteiger partial charge is 0.0320 e. The number of rotatable bonds is 10. The lowest BCUT2D eigenvalue weighted by atomic mass is 10.0. The van der Waals surface area contributed by atoms with Crippen LogP contribution in [0.2, 0.25) is 0 Å². The van der Waals surface area contributed by atoms with E-state index in [1.165, 1.54) is 31.4 Å². The first-order valence-electron chi connectivity index (χ1n) is 7.82. The molecule has 1 unspecified atom stereocenters. The Labute approximate surface area is 119 Å². The summed E-state index contributed by atoms with van der Waals surface area (Å²) in [5.74, 6) is 0. The van der Waals surface area contributed by atoms with Gasteiger partial charge in [0.1, 0.15) is 0 Å². The summed E-state index contributed by atoms with van der Waals surface area (Å²) in [6.07, 6.45) is 3.67. The van der Waals surface area contributed by atoms with E-state index in [2.05, 4.69) is 61.3 Å². The standard InChI is InChI=1S/C17H30N2/c1-4-11-17(16-12-8-7-9-13-16)18-14-10-15-19(5-2)6-3/h7-9,12-13,17-18H,4-6,10-11,14-15H2,1-3H3. The van der Waals surface area contributed by atoms with Gasteiger partial charge in [-0.2, -0.15) is 0 Å². The van der Waals surface area contributed by atoms with Crippen molar-refractivity contribution in [1.29, 1.82) is 0 Å². The van der Waals surface area contributed by atoms with Crippen LogP contribution < -0.4 is 5.32 Å². The van der Waals surface area contributed by atoms with Crippen molar-refractivity contribution in [3.05, 3.63) is 35.9 Å². The zero-order valence-electron chi connectivity index (χ0n) is 12.9. The third-order valence-electron chi connectivity index (χ3n) is 3.72. The lowest BCUT2D eigenvalue weighted by Gasteiger charge is -2.21. The number of hydrogen-bond donors (Lipinski definition) is 1. The molecule has 0 heterocycles. The predicted octanol–water partition coefficient (Wildman–Crippen LogP) is 3.85. The van der Waals surface area contributed by atoms with E-state index in [1.54, 1.807) is 0 Å². The van der Waals surface area contributed by atoms with Crippen molar-refractivity contribution in [3.8, 4) is 0 Å². The lowest BCUT2D eigenvalue weighted by Crippen LogP contribution is -2.28. The Bertz CT molecular complexity index is 306. The molecule has 19 heavy (non-hydrogen) atoms. The van der Waals surface area contributed by atoms with E-state index < -0.39 is 0 Å². The van der Waals surface area contributed by atoms with Crippen molar-refractivity contribution >= 4 is 0 Å². The fourth-order valence-corrected chi connectivity index (χ4v) is 2.48. The third kappa shape index (κ3) is 6.22. The maximum atomic E-state index is 3.71. The first-order chi connectivity index (χ1) is 9.31. The van der Waals surface area contributed by atoms with Crippen molar-refractivity contribution in [2.24, 2.45) is 0 Å². The highest BCUT2D eigenvalue weighted by atomic mass is 15.1. The molecule has 0 saturated heterocycles. The van der Waals surface area contributed by atoms with Crippen LogP contribution in [0.4, 0.5) is 0 Å². The third-order valence-corrected chi connectivity index (χ3v) is 3.72. The second-order valence-corrected chi connectivity index (χ2v) is 5.09. The zero-order chi connectivity index (χ0) is 13.9. The maximum absolute atomic E-state index is 3.71. The van der Waals surface area contributed by atoms with Crippen molar-refractivity contribution in [1.82, 2.24) is 10.2 Å². The average molecular weight is 262 g/mol. The van der Waals surface area contributed by atoms with Gasteiger partial charge in [-0.15, -0.1) is 0 Å². The molecule has 0 aromatic heterocycles. The van der Waals surface area contributed by atoms with E-state index in [4.69, 9.17) is 0 Å². The molecular weight excluding hydrogens is 232 g/mol. The van der Waals surface area contributed by atoms with Crippen LogP contribution in [0.1, 0.15) is 51.6 Å². The topological polar surface area (TPSA) is 15.3 Å². The van der Waals surface area contributed by atoms with Gasteiger partial charge in [-0.3, -0.25) is 0 Å². The van der Waals surface area contributed by atoms with E-state index in [0.717, 1.165) is 19.6 Å². The Hall–Kier alpha value is -0.860. The van der Waals surface area contributed by atoms with Gasteiger partial charge in [0.2, 0.25) is 0 Å². The van der Waals surface area contributed by atoms with Crippen LogP contribution in [0.15, 0.2) is 30.3 Å². The lowest BCUT2D eigenvalue weighted by molar-refractivity contribution is 0.295. The normalized spacial score (nSPS) is 12.8. The number of hydrogen-bond acceptors (Lipinski definition) is 2. The fourth-order valence-electron chi connectivity index (χ4n) is 2.48. The molecule has 1 atom stereocenters. The number of benzene rings is 1. The molecule has 0 aliphatic heterocycles. The Balaban J connectivity index is 2.34. The fraction of sp³-hybridized carbons (Fsp3) is 0.647. The quantitative estimate of drug-likeness (QED) is 0.644. The monoisotopic (exact) mass is 262 g/mol. The van der Waals surface area contributed by atoms with Gasteiger partial charge in [-0.1, -0.05) is 57.5 Å². The van der Waals surface area contributed by atoms with Crippen molar-refractivity contribution < 1.29 is 0 Å². The van der Waals surface area contributed by atoms with Crippen molar-refractivity contribution in [3.63, 3.8) is 0 Å². The molecule has 0 radical (unpaired) electrons. The van der Waals surface area contributed by atoms with Crippen molar-refractivity contribution in [2.45, 2.75) is 46.1 Å². The van der Waals surface area contributed by atoms with E-state index in [-0.39, 0.29) is 0 Å². The molecule has 0 fully saturated rings. The van der Waals surface area contributed by atoms with Crippen LogP contribution in [0.3, 0.4) is 0 Å². The molecule has 0 saturated carbocycles. The molecule has 2 nitrogen and oxygen atoms in total. The second-order valence-electron chi connectivity index (χ2n) is 5.09. The minimum atomic E-state index is 0.517. The average Bonchev–Trinajstić information content (AvgIpc) is 2.47. The Kier molecular flexibility index (Phi) is 8.52. The van der Waals surface area contributed by atoms with Crippen molar-refractivity contribution in [2.75, 3.05) is 26.2 Å². The van der Waals surface area contributed by atoms with Gasteiger partial charge in [0.15, 0.2) is 0 Å². The van der Waals surface area contributed by atoms with Crippen LogP contribution in [0.5, 0.6) is 0 Å². The van der Waals surface area contributed by atoms with Crippen LogP contribution in [-0.4, -0.2) is 31.1 Å². The SMILES string of the molecule is CCCC(NCCCN(CC)CC)c1ccccc1. The molecular formula is C17H30N2. The summed E-state index contributed by atoms with van der Waals surface area (Å²) in [7, 11) is 0. The number of nitrogens with zero attached hydrogens (tertiary/aromatic N) is 1. The van der Waals surface area contributed by atoms with Crippen LogP contribution >= 0.6 is 0 Å². The molecule has 0 aliphatic rings. The first kappa shape index (κ1) is 16.2. The highest BCUT2D eigenvalue weighted by molar-refractivity contribution is 5.18. The molecule has 108 valence electrons. The Morgan fingerprint density at radius 1 is 1.05 bits per heavy atom. The summed E-state index contributed by atoms with van der Waals surface area (Å²) < 4.78 is 0. The molecule has 0 bridgehead atoms. The minimum absolute atomic E-state index is 0.517. The van der Waals surface area contributed by atoms with Gasteiger partial charge in [-0.05, 0) is 44.6 Å². The highest BCUT2D eigenvalue weighted by Crippen LogP contribution is 2.17. The van der Waals surface area contributed by atoms with E-state index in [9.17, 15) is 0 Å². The predicted molar refractivity (Wildman–Crippen MR) is 84.5 cm³/mol. The summed E-state index contributed by atoms with van der Waals surface area (Å²) in [6.45, 7) is 11.4. The molecule has 0 spiro atoms.